The summed E-state index contributed by atoms with van der Waals surface area (Å²) in [5.41, 5.74) is -0.757. The highest BCUT2D eigenvalue weighted by Crippen LogP contribution is 2.38. The number of alkyl halides is 3. The molecule has 0 bridgehead atoms. The highest BCUT2D eigenvalue weighted by Gasteiger charge is 2.34. The highest BCUT2D eigenvalue weighted by molar-refractivity contribution is 7.99. The van der Waals surface area contributed by atoms with Crippen molar-refractivity contribution in [1.82, 2.24) is 9.78 Å². The zero-order valence-electron chi connectivity index (χ0n) is 16.4. The first-order valence-electron chi connectivity index (χ1n) is 8.57. The van der Waals surface area contributed by atoms with Crippen LogP contribution in [-0.4, -0.2) is 16.1 Å². The monoisotopic (exact) mass is 468 g/mol. The molecule has 1 unspecified atom stereocenters. The van der Waals surface area contributed by atoms with Gasteiger partial charge in [-0.3, -0.25) is 4.79 Å². The summed E-state index contributed by atoms with van der Waals surface area (Å²) in [6.07, 6.45) is -3.86. The van der Waals surface area contributed by atoms with Crippen LogP contribution in [0.5, 0.6) is 0 Å². The van der Waals surface area contributed by atoms with E-state index in [1.807, 2.05) is 20.8 Å². The molecule has 0 aliphatic carbocycles. The molecular formula is C19H18ClF5N2O2S. The normalized spacial score (nSPS) is 14.3. The summed E-state index contributed by atoms with van der Waals surface area (Å²) in [5.74, 6) is -1.77. The number of aromatic nitrogens is 2. The van der Waals surface area contributed by atoms with Crippen molar-refractivity contribution in [2.24, 2.45) is 0 Å². The predicted molar refractivity (Wildman–Crippen MR) is 105 cm³/mol. The van der Waals surface area contributed by atoms with Crippen molar-refractivity contribution in [1.29, 1.82) is 0 Å². The van der Waals surface area contributed by atoms with Crippen LogP contribution in [0.4, 0.5) is 22.0 Å². The standard InChI is InChI=1S/C19H18ClF5N2O2S/c1-10(30-13-9-26-27(18(2,3)4)17(28)14(13)20)11-5-7-12(8-6-11)15(21)16(22)29-19(23,24)25/h5-10H,1-4H3/b16-15+. The van der Waals surface area contributed by atoms with Gasteiger partial charge in [0.25, 0.3) is 5.56 Å². The van der Waals surface area contributed by atoms with Crippen LogP contribution in [-0.2, 0) is 10.3 Å². The van der Waals surface area contributed by atoms with Gasteiger partial charge in [0.15, 0.2) is 0 Å². The van der Waals surface area contributed by atoms with Gasteiger partial charge in [-0.25, -0.2) is 4.68 Å². The van der Waals surface area contributed by atoms with Crippen LogP contribution in [0, 0.1) is 0 Å². The maximum Gasteiger partial charge on any atom is 0.574 e. The van der Waals surface area contributed by atoms with E-state index in [-0.39, 0.29) is 10.3 Å². The van der Waals surface area contributed by atoms with E-state index >= 15 is 0 Å². The number of ether oxygens (including phenoxy) is 1. The van der Waals surface area contributed by atoms with Crippen LogP contribution in [0.2, 0.25) is 5.02 Å². The van der Waals surface area contributed by atoms with Crippen molar-refractivity contribution in [3.8, 4) is 0 Å². The highest BCUT2D eigenvalue weighted by atomic mass is 35.5. The molecule has 164 valence electrons. The fraction of sp³-hybridized carbons (Fsp3) is 0.368. The smallest absolute Gasteiger partial charge is 0.376 e. The molecule has 1 aromatic carbocycles. The van der Waals surface area contributed by atoms with E-state index in [4.69, 9.17) is 11.6 Å². The Kier molecular flexibility index (Phi) is 7.24. The molecule has 2 aromatic rings. The second-order valence-electron chi connectivity index (χ2n) is 7.23. The third-order valence-electron chi connectivity index (χ3n) is 3.84. The number of thioether (sulfide) groups is 1. The van der Waals surface area contributed by atoms with Gasteiger partial charge >= 0.3 is 12.4 Å². The van der Waals surface area contributed by atoms with Gasteiger partial charge in [0, 0.05) is 10.8 Å². The van der Waals surface area contributed by atoms with Crippen molar-refractivity contribution < 1.29 is 26.7 Å². The summed E-state index contributed by atoms with van der Waals surface area (Å²) in [4.78, 5) is 12.9. The molecule has 0 radical (unpaired) electrons. The molecule has 1 atom stereocenters. The maximum absolute atomic E-state index is 13.8. The SMILES string of the molecule is CC(Sc1cnn(C(C)(C)C)c(=O)c1Cl)c1ccc(/C(F)=C(/F)OC(F)(F)F)cc1. The lowest BCUT2D eigenvalue weighted by Gasteiger charge is -2.21. The minimum atomic E-state index is -5.33. The Hall–Kier alpha value is -2.07. The first-order chi connectivity index (χ1) is 13.7. The summed E-state index contributed by atoms with van der Waals surface area (Å²) in [7, 11) is 0. The van der Waals surface area contributed by atoms with Crippen LogP contribution in [0.1, 0.15) is 44.1 Å². The lowest BCUT2D eigenvalue weighted by Crippen LogP contribution is -2.36. The Balaban J connectivity index is 2.22. The second kappa shape index (κ2) is 8.97. The number of halogens is 6. The average Bonchev–Trinajstić information content (AvgIpc) is 2.62. The summed E-state index contributed by atoms with van der Waals surface area (Å²) < 4.78 is 67.2. The summed E-state index contributed by atoms with van der Waals surface area (Å²) >= 11 is 7.42. The van der Waals surface area contributed by atoms with Crippen molar-refractivity contribution in [2.75, 3.05) is 0 Å². The van der Waals surface area contributed by atoms with Gasteiger partial charge < -0.3 is 4.74 Å². The van der Waals surface area contributed by atoms with E-state index in [1.54, 1.807) is 6.92 Å². The Morgan fingerprint density at radius 2 is 1.73 bits per heavy atom. The molecule has 4 nitrogen and oxygen atoms in total. The first-order valence-corrected chi connectivity index (χ1v) is 9.83. The molecular weight excluding hydrogens is 451 g/mol. The molecule has 2 rings (SSSR count). The van der Waals surface area contributed by atoms with Gasteiger partial charge in [0.1, 0.15) is 5.02 Å². The fourth-order valence-electron chi connectivity index (χ4n) is 2.40. The van der Waals surface area contributed by atoms with Crippen LogP contribution in [0.15, 0.2) is 46.2 Å². The van der Waals surface area contributed by atoms with Crippen LogP contribution < -0.4 is 5.56 Å². The van der Waals surface area contributed by atoms with Crippen molar-refractivity contribution in [2.45, 2.75) is 49.7 Å². The van der Waals surface area contributed by atoms with Gasteiger partial charge in [-0.15, -0.1) is 24.9 Å². The Labute approximate surface area is 178 Å². The van der Waals surface area contributed by atoms with Crippen LogP contribution >= 0.6 is 23.4 Å². The van der Waals surface area contributed by atoms with Crippen LogP contribution in [0.25, 0.3) is 5.83 Å². The first kappa shape index (κ1) is 24.2. The number of nitrogens with zero attached hydrogens (tertiary/aromatic N) is 2. The van der Waals surface area contributed by atoms with Crippen molar-refractivity contribution in [3.63, 3.8) is 0 Å². The third kappa shape index (κ3) is 5.98. The van der Waals surface area contributed by atoms with E-state index in [2.05, 4.69) is 9.84 Å². The van der Waals surface area contributed by atoms with Crippen molar-refractivity contribution in [3.05, 3.63) is 63.0 Å². The zero-order valence-corrected chi connectivity index (χ0v) is 17.9. The van der Waals surface area contributed by atoms with E-state index < -0.39 is 34.9 Å². The topological polar surface area (TPSA) is 44.1 Å². The van der Waals surface area contributed by atoms with E-state index in [1.165, 1.54) is 34.8 Å². The number of benzene rings is 1. The Morgan fingerprint density at radius 1 is 1.17 bits per heavy atom. The minimum Gasteiger partial charge on any atom is -0.376 e. The second-order valence-corrected chi connectivity index (χ2v) is 8.99. The van der Waals surface area contributed by atoms with Gasteiger partial charge in [0.05, 0.1) is 16.6 Å². The predicted octanol–water partition coefficient (Wildman–Crippen LogP) is 6.61. The molecule has 0 saturated heterocycles. The lowest BCUT2D eigenvalue weighted by atomic mass is 10.1. The Morgan fingerprint density at radius 3 is 2.23 bits per heavy atom. The molecule has 0 aliphatic heterocycles. The van der Waals surface area contributed by atoms with Gasteiger partial charge in [-0.1, -0.05) is 35.9 Å². The molecule has 0 spiro atoms. The van der Waals surface area contributed by atoms with Crippen LogP contribution in [0.3, 0.4) is 0 Å². The van der Waals surface area contributed by atoms with E-state index in [0.29, 0.717) is 10.5 Å². The fourth-order valence-corrected chi connectivity index (χ4v) is 3.63. The van der Waals surface area contributed by atoms with E-state index in [9.17, 15) is 26.7 Å². The molecule has 0 fully saturated rings. The van der Waals surface area contributed by atoms with Gasteiger partial charge in [0.2, 0.25) is 5.83 Å². The largest absolute Gasteiger partial charge is 0.574 e. The number of rotatable bonds is 5. The minimum absolute atomic E-state index is 0.00810. The number of hydrogen-bond acceptors (Lipinski definition) is 4. The van der Waals surface area contributed by atoms with E-state index in [0.717, 1.165) is 12.1 Å². The molecule has 0 amide bonds. The number of hydrogen-bond donors (Lipinski definition) is 0. The summed E-state index contributed by atoms with van der Waals surface area (Å²) in [5, 5.41) is 3.88. The van der Waals surface area contributed by atoms with Crippen molar-refractivity contribution >= 4 is 29.2 Å². The Bertz CT molecular complexity index is 998. The molecule has 0 aliphatic rings. The van der Waals surface area contributed by atoms with Gasteiger partial charge in [-0.2, -0.15) is 13.9 Å². The average molecular weight is 469 g/mol. The zero-order chi connectivity index (χ0) is 22.9. The molecule has 30 heavy (non-hydrogen) atoms. The lowest BCUT2D eigenvalue weighted by molar-refractivity contribution is -0.313. The third-order valence-corrected chi connectivity index (χ3v) is 5.50. The molecule has 1 heterocycles. The molecule has 1 aromatic heterocycles. The molecule has 11 heteroatoms. The quantitative estimate of drug-likeness (QED) is 0.281. The van der Waals surface area contributed by atoms with Gasteiger partial charge in [-0.05, 0) is 33.3 Å². The molecule has 0 saturated carbocycles. The summed E-state index contributed by atoms with van der Waals surface area (Å²) in [6.45, 7) is 7.21. The molecule has 0 N–H and O–H groups in total. The maximum atomic E-state index is 13.8. The summed E-state index contributed by atoms with van der Waals surface area (Å²) in [6, 6.07) is 2.72.